The van der Waals surface area contributed by atoms with Crippen molar-refractivity contribution in [2.24, 2.45) is 0 Å². The molecule has 0 bridgehead atoms. The van der Waals surface area contributed by atoms with Crippen LogP contribution in [-0.2, 0) is 0 Å². The number of nitrogen functional groups attached to an aromatic ring is 1. The fourth-order valence-electron chi connectivity index (χ4n) is 2.20. The van der Waals surface area contributed by atoms with Gasteiger partial charge in [0.05, 0.1) is 6.04 Å². The lowest BCUT2D eigenvalue weighted by Gasteiger charge is -2.12. The highest BCUT2D eigenvalue weighted by atomic mass is 16.5. The molecule has 4 nitrogen and oxygen atoms in total. The summed E-state index contributed by atoms with van der Waals surface area (Å²) in [4.78, 5) is 12.1. The lowest BCUT2D eigenvalue weighted by molar-refractivity contribution is 0.0930. The second kappa shape index (κ2) is 4.65. The van der Waals surface area contributed by atoms with Crippen LogP contribution in [0.15, 0.2) is 48.5 Å². The molecule has 2 aromatic rings. The third-order valence-corrected chi connectivity index (χ3v) is 3.15. The summed E-state index contributed by atoms with van der Waals surface area (Å²) in [6.45, 7) is 0.466. The number of carbonyl (C=O) groups excluding carboxylic acids is 1. The molecule has 1 atom stereocenters. The normalized spacial score (nSPS) is 16.5. The third-order valence-electron chi connectivity index (χ3n) is 3.15. The van der Waals surface area contributed by atoms with Gasteiger partial charge in [0, 0.05) is 16.8 Å². The number of nitrogens with two attached hydrogens (primary N) is 1. The Balaban J connectivity index is 1.78. The molecule has 1 unspecified atom stereocenters. The zero-order valence-corrected chi connectivity index (χ0v) is 10.3. The van der Waals surface area contributed by atoms with E-state index in [9.17, 15) is 4.79 Å². The van der Waals surface area contributed by atoms with Gasteiger partial charge in [-0.15, -0.1) is 0 Å². The number of hydrogen-bond donors (Lipinski definition) is 2. The van der Waals surface area contributed by atoms with E-state index in [1.54, 1.807) is 24.3 Å². The van der Waals surface area contributed by atoms with Crippen LogP contribution in [0.5, 0.6) is 5.75 Å². The summed E-state index contributed by atoms with van der Waals surface area (Å²) in [6.07, 6.45) is 0. The molecule has 3 rings (SSSR count). The average molecular weight is 254 g/mol. The fourth-order valence-corrected chi connectivity index (χ4v) is 2.20. The van der Waals surface area contributed by atoms with Crippen LogP contribution in [0.4, 0.5) is 5.69 Å². The van der Waals surface area contributed by atoms with Gasteiger partial charge in [-0.1, -0.05) is 24.3 Å². The largest absolute Gasteiger partial charge is 0.491 e. The Morgan fingerprint density at radius 1 is 1.21 bits per heavy atom. The van der Waals surface area contributed by atoms with E-state index in [1.165, 1.54) is 0 Å². The molecule has 0 aliphatic carbocycles. The van der Waals surface area contributed by atoms with E-state index < -0.39 is 0 Å². The molecule has 0 saturated heterocycles. The van der Waals surface area contributed by atoms with Gasteiger partial charge >= 0.3 is 0 Å². The van der Waals surface area contributed by atoms with E-state index in [0.717, 1.165) is 11.3 Å². The van der Waals surface area contributed by atoms with E-state index in [-0.39, 0.29) is 11.9 Å². The van der Waals surface area contributed by atoms with E-state index in [4.69, 9.17) is 10.5 Å². The topological polar surface area (TPSA) is 64.4 Å². The number of para-hydroxylation sites is 1. The first-order valence-corrected chi connectivity index (χ1v) is 6.12. The van der Waals surface area contributed by atoms with Crippen LogP contribution in [0, 0.1) is 0 Å². The highest BCUT2D eigenvalue weighted by Crippen LogP contribution is 2.31. The van der Waals surface area contributed by atoms with Gasteiger partial charge in [0.2, 0.25) is 0 Å². The van der Waals surface area contributed by atoms with Crippen molar-refractivity contribution in [3.63, 3.8) is 0 Å². The van der Waals surface area contributed by atoms with Crippen molar-refractivity contribution in [1.29, 1.82) is 0 Å². The molecule has 0 fully saturated rings. The maximum Gasteiger partial charge on any atom is 0.251 e. The molecular formula is C15H14N2O2. The number of ether oxygens (including phenoxy) is 1. The minimum absolute atomic E-state index is 0.106. The molecule has 0 saturated carbocycles. The number of carbonyl (C=O) groups is 1. The quantitative estimate of drug-likeness (QED) is 0.807. The van der Waals surface area contributed by atoms with E-state index >= 15 is 0 Å². The Morgan fingerprint density at radius 3 is 2.89 bits per heavy atom. The number of benzene rings is 2. The molecule has 3 N–H and O–H groups in total. The SMILES string of the molecule is Nc1cccc(C(=O)NC2COc3ccccc32)c1. The fraction of sp³-hybridized carbons (Fsp3) is 0.133. The maximum atomic E-state index is 12.1. The molecule has 1 aliphatic heterocycles. The Bertz CT molecular complexity index is 625. The van der Waals surface area contributed by atoms with Gasteiger partial charge in [-0.05, 0) is 24.3 Å². The zero-order chi connectivity index (χ0) is 13.2. The average Bonchev–Trinajstić information content (AvgIpc) is 2.82. The van der Waals surface area contributed by atoms with Gasteiger partial charge in [0.1, 0.15) is 12.4 Å². The highest BCUT2D eigenvalue weighted by Gasteiger charge is 2.25. The van der Waals surface area contributed by atoms with Crippen molar-refractivity contribution in [1.82, 2.24) is 5.32 Å². The molecule has 1 aliphatic rings. The molecule has 1 heterocycles. The summed E-state index contributed by atoms with van der Waals surface area (Å²) in [6, 6.07) is 14.5. The van der Waals surface area contributed by atoms with Crippen LogP contribution in [0.2, 0.25) is 0 Å². The smallest absolute Gasteiger partial charge is 0.251 e. The maximum absolute atomic E-state index is 12.1. The lowest BCUT2D eigenvalue weighted by Crippen LogP contribution is -2.29. The van der Waals surface area contributed by atoms with Crippen LogP contribution in [-0.4, -0.2) is 12.5 Å². The standard InChI is InChI=1S/C15H14N2O2/c16-11-5-3-4-10(8-11)15(18)17-13-9-19-14-7-2-1-6-12(13)14/h1-8,13H,9,16H2,(H,17,18). The molecule has 0 spiro atoms. The Hall–Kier alpha value is -2.49. The number of nitrogens with one attached hydrogen (secondary N) is 1. The minimum atomic E-state index is -0.141. The third kappa shape index (κ3) is 2.25. The summed E-state index contributed by atoms with van der Waals surface area (Å²) >= 11 is 0. The molecule has 1 amide bonds. The molecule has 19 heavy (non-hydrogen) atoms. The molecule has 4 heteroatoms. The summed E-state index contributed by atoms with van der Waals surface area (Å²) in [5, 5.41) is 2.96. The van der Waals surface area contributed by atoms with E-state index in [0.29, 0.717) is 17.9 Å². The highest BCUT2D eigenvalue weighted by molar-refractivity contribution is 5.95. The molecule has 0 radical (unpaired) electrons. The monoisotopic (exact) mass is 254 g/mol. The first-order valence-electron chi connectivity index (χ1n) is 6.12. The van der Waals surface area contributed by atoms with Crippen LogP contribution in [0.25, 0.3) is 0 Å². The first-order chi connectivity index (χ1) is 9.24. The van der Waals surface area contributed by atoms with Gasteiger partial charge in [0.15, 0.2) is 0 Å². The van der Waals surface area contributed by atoms with E-state index in [2.05, 4.69) is 5.32 Å². The number of fused-ring (bicyclic) bond motifs is 1. The Morgan fingerprint density at radius 2 is 2.05 bits per heavy atom. The summed E-state index contributed by atoms with van der Waals surface area (Å²) in [7, 11) is 0. The van der Waals surface area contributed by atoms with Gasteiger partial charge in [-0.3, -0.25) is 4.79 Å². The van der Waals surface area contributed by atoms with Crippen LogP contribution in [0.3, 0.4) is 0 Å². The number of amides is 1. The first kappa shape index (κ1) is 11.6. The molecule has 0 aromatic heterocycles. The second-order valence-corrected chi connectivity index (χ2v) is 4.50. The van der Waals surface area contributed by atoms with Crippen LogP contribution >= 0.6 is 0 Å². The molecule has 2 aromatic carbocycles. The van der Waals surface area contributed by atoms with Crippen molar-refractivity contribution >= 4 is 11.6 Å². The van der Waals surface area contributed by atoms with Gasteiger partial charge < -0.3 is 15.8 Å². The number of hydrogen-bond acceptors (Lipinski definition) is 3. The summed E-state index contributed by atoms with van der Waals surface area (Å²) in [5.74, 6) is 0.693. The second-order valence-electron chi connectivity index (χ2n) is 4.50. The van der Waals surface area contributed by atoms with Crippen molar-refractivity contribution in [2.45, 2.75) is 6.04 Å². The van der Waals surface area contributed by atoms with Crippen molar-refractivity contribution < 1.29 is 9.53 Å². The Labute approximate surface area is 111 Å². The van der Waals surface area contributed by atoms with Gasteiger partial charge in [0.25, 0.3) is 5.91 Å². The zero-order valence-electron chi connectivity index (χ0n) is 10.3. The van der Waals surface area contributed by atoms with Crippen LogP contribution in [0.1, 0.15) is 22.0 Å². The lowest BCUT2D eigenvalue weighted by atomic mass is 10.1. The molecule has 96 valence electrons. The Kier molecular flexibility index (Phi) is 2.83. The molecular weight excluding hydrogens is 240 g/mol. The minimum Gasteiger partial charge on any atom is -0.491 e. The number of rotatable bonds is 2. The van der Waals surface area contributed by atoms with E-state index in [1.807, 2.05) is 24.3 Å². The summed E-state index contributed by atoms with van der Waals surface area (Å²) < 4.78 is 5.53. The van der Waals surface area contributed by atoms with Gasteiger partial charge in [-0.25, -0.2) is 0 Å². The van der Waals surface area contributed by atoms with Crippen molar-refractivity contribution in [3.8, 4) is 5.75 Å². The predicted molar refractivity (Wildman–Crippen MR) is 73.0 cm³/mol. The van der Waals surface area contributed by atoms with Crippen molar-refractivity contribution in [2.75, 3.05) is 12.3 Å². The summed E-state index contributed by atoms with van der Waals surface area (Å²) in [5.41, 5.74) is 7.83. The van der Waals surface area contributed by atoms with Gasteiger partial charge in [-0.2, -0.15) is 0 Å². The predicted octanol–water partition coefficient (Wildman–Crippen LogP) is 2.13. The van der Waals surface area contributed by atoms with Crippen LogP contribution < -0.4 is 15.8 Å². The van der Waals surface area contributed by atoms with Crippen molar-refractivity contribution in [3.05, 3.63) is 59.7 Å². The number of anilines is 1.